The van der Waals surface area contributed by atoms with Crippen LogP contribution < -0.4 is 9.47 Å². The van der Waals surface area contributed by atoms with Crippen molar-refractivity contribution in [1.82, 2.24) is 0 Å². The van der Waals surface area contributed by atoms with E-state index in [0.29, 0.717) is 0 Å². The summed E-state index contributed by atoms with van der Waals surface area (Å²) in [6, 6.07) is 8.52. The van der Waals surface area contributed by atoms with Crippen LogP contribution >= 0.6 is 0 Å². The van der Waals surface area contributed by atoms with E-state index in [4.69, 9.17) is 15.9 Å². The zero-order valence-corrected chi connectivity index (χ0v) is 18.1. The molecular formula is C25H32O4. The molecule has 0 saturated carbocycles. The second-order valence-electron chi connectivity index (χ2n) is 7.83. The number of benzene rings is 2. The van der Waals surface area contributed by atoms with Gasteiger partial charge < -0.3 is 19.7 Å². The van der Waals surface area contributed by atoms with Gasteiger partial charge in [0.1, 0.15) is 24.7 Å². The minimum absolute atomic E-state index is 0.192. The van der Waals surface area contributed by atoms with E-state index < -0.39 is 12.2 Å². The molecule has 0 amide bonds. The Morgan fingerprint density at radius 2 is 1.24 bits per heavy atom. The maximum atomic E-state index is 9.79. The van der Waals surface area contributed by atoms with Crippen molar-refractivity contribution in [3.05, 3.63) is 57.6 Å². The number of aliphatic hydroxyl groups is 2. The third-order valence-electron chi connectivity index (χ3n) is 4.69. The van der Waals surface area contributed by atoms with Gasteiger partial charge in [0, 0.05) is 6.42 Å². The summed E-state index contributed by atoms with van der Waals surface area (Å²) in [5.74, 6) is 4.09. The van der Waals surface area contributed by atoms with Crippen molar-refractivity contribution in [2.45, 2.75) is 59.7 Å². The van der Waals surface area contributed by atoms with E-state index in [1.54, 1.807) is 6.92 Å². The van der Waals surface area contributed by atoms with Crippen LogP contribution in [0.5, 0.6) is 11.5 Å². The average molecular weight is 397 g/mol. The summed E-state index contributed by atoms with van der Waals surface area (Å²) >= 11 is 0. The molecule has 2 aromatic carbocycles. The molecule has 0 heterocycles. The molecule has 0 aromatic heterocycles. The molecule has 0 aliphatic carbocycles. The Hall–Kier alpha value is -2.48. The lowest BCUT2D eigenvalue weighted by Gasteiger charge is -2.17. The molecule has 0 fully saturated rings. The van der Waals surface area contributed by atoms with E-state index in [-0.39, 0.29) is 19.6 Å². The summed E-state index contributed by atoms with van der Waals surface area (Å²) in [4.78, 5) is 0. The average Bonchev–Trinajstić information content (AvgIpc) is 2.60. The maximum absolute atomic E-state index is 9.79. The topological polar surface area (TPSA) is 58.9 Å². The molecule has 2 rings (SSSR count). The van der Waals surface area contributed by atoms with Gasteiger partial charge >= 0.3 is 0 Å². The Kier molecular flexibility index (Phi) is 8.13. The van der Waals surface area contributed by atoms with Gasteiger partial charge in [-0.05, 0) is 74.4 Å². The summed E-state index contributed by atoms with van der Waals surface area (Å²) in [6.07, 6.45) is 5.17. The summed E-state index contributed by atoms with van der Waals surface area (Å²) in [7, 11) is 0. The smallest absolute Gasteiger partial charge is 0.125 e. The number of aliphatic hydroxyl groups excluding tert-OH is 2. The largest absolute Gasteiger partial charge is 0.490 e. The molecule has 2 aromatic rings. The van der Waals surface area contributed by atoms with Gasteiger partial charge in [0.05, 0.1) is 12.2 Å². The number of aryl methyl sites for hydroxylation is 4. The van der Waals surface area contributed by atoms with Crippen LogP contribution in [-0.2, 0) is 6.42 Å². The van der Waals surface area contributed by atoms with Crippen LogP contribution in [0.3, 0.4) is 0 Å². The first-order chi connectivity index (χ1) is 13.7. The summed E-state index contributed by atoms with van der Waals surface area (Å²) in [6.45, 7) is 10.3. The summed E-state index contributed by atoms with van der Waals surface area (Å²) < 4.78 is 11.6. The van der Waals surface area contributed by atoms with Crippen LogP contribution in [0.4, 0.5) is 0 Å². The van der Waals surface area contributed by atoms with Crippen LogP contribution in [0.2, 0.25) is 0 Å². The predicted octanol–water partition coefficient (Wildman–Crippen LogP) is 4.03. The van der Waals surface area contributed by atoms with Gasteiger partial charge in [0.15, 0.2) is 0 Å². The number of rotatable bonds is 9. The lowest BCUT2D eigenvalue weighted by molar-refractivity contribution is 0.111. The molecule has 4 nitrogen and oxygen atoms in total. The van der Waals surface area contributed by atoms with Gasteiger partial charge in [0.25, 0.3) is 0 Å². The summed E-state index contributed by atoms with van der Waals surface area (Å²) in [5, 5.41) is 19.2. The molecule has 0 radical (unpaired) electrons. The Balaban J connectivity index is 2.15. The fraction of sp³-hybridized carbons (Fsp3) is 0.440. The highest BCUT2D eigenvalue weighted by Crippen LogP contribution is 2.29. The molecule has 0 aliphatic heterocycles. The Labute approximate surface area is 174 Å². The first-order valence-electron chi connectivity index (χ1n) is 9.96. The lowest BCUT2D eigenvalue weighted by atomic mass is 9.97. The van der Waals surface area contributed by atoms with Crippen molar-refractivity contribution in [3.63, 3.8) is 0 Å². The minimum atomic E-state index is -0.654. The zero-order chi connectivity index (χ0) is 21.6. The van der Waals surface area contributed by atoms with Gasteiger partial charge in [-0.2, -0.15) is 0 Å². The first-order valence-corrected chi connectivity index (χ1v) is 9.96. The molecule has 2 unspecified atom stereocenters. The van der Waals surface area contributed by atoms with E-state index >= 15 is 0 Å². The van der Waals surface area contributed by atoms with Crippen molar-refractivity contribution in [2.24, 2.45) is 0 Å². The third kappa shape index (κ3) is 6.52. The standard InChI is InChI=1S/C25H32O4/c1-7-8-23(27)15-29-25-18(4)11-22(12-19(25)5)13-21-9-16(2)24(17(3)10-21)28-14-20(6)26/h1,9-12,20,23,26-27H,8,13-15H2,2-6H3. The molecule has 0 saturated heterocycles. The molecule has 4 heteroatoms. The Bertz CT molecular complexity index is 831. The highest BCUT2D eigenvalue weighted by atomic mass is 16.5. The van der Waals surface area contributed by atoms with Crippen molar-refractivity contribution in [3.8, 4) is 23.8 Å². The van der Waals surface area contributed by atoms with Crippen molar-refractivity contribution >= 4 is 0 Å². The van der Waals surface area contributed by atoms with Crippen molar-refractivity contribution in [1.29, 1.82) is 0 Å². The van der Waals surface area contributed by atoms with E-state index in [1.165, 1.54) is 11.1 Å². The molecule has 0 bridgehead atoms. The van der Waals surface area contributed by atoms with E-state index in [0.717, 1.165) is 40.2 Å². The van der Waals surface area contributed by atoms with Crippen molar-refractivity contribution < 1.29 is 19.7 Å². The molecule has 2 atom stereocenters. The summed E-state index contributed by atoms with van der Waals surface area (Å²) in [5.41, 5.74) is 6.62. The van der Waals surface area contributed by atoms with Gasteiger partial charge in [-0.3, -0.25) is 0 Å². The van der Waals surface area contributed by atoms with Crippen LogP contribution in [-0.4, -0.2) is 35.6 Å². The molecule has 0 spiro atoms. The Morgan fingerprint density at radius 1 is 0.828 bits per heavy atom. The molecule has 156 valence electrons. The number of terminal acetylenes is 1. The first kappa shape index (κ1) is 22.8. The number of hydrogen-bond acceptors (Lipinski definition) is 4. The zero-order valence-electron chi connectivity index (χ0n) is 18.1. The molecular weight excluding hydrogens is 364 g/mol. The van der Waals surface area contributed by atoms with Crippen LogP contribution in [0.25, 0.3) is 0 Å². The fourth-order valence-corrected chi connectivity index (χ4v) is 3.55. The van der Waals surface area contributed by atoms with Crippen molar-refractivity contribution in [2.75, 3.05) is 13.2 Å². The second kappa shape index (κ2) is 10.3. The SMILES string of the molecule is C#CCC(O)COc1c(C)cc(Cc2cc(C)c(OCC(C)O)c(C)c2)cc1C. The molecule has 2 N–H and O–H groups in total. The van der Waals surface area contributed by atoms with Gasteiger partial charge in [-0.15, -0.1) is 12.3 Å². The second-order valence-corrected chi connectivity index (χ2v) is 7.83. The normalized spacial score (nSPS) is 12.9. The minimum Gasteiger partial charge on any atom is -0.490 e. The van der Waals surface area contributed by atoms with E-state index in [9.17, 15) is 10.2 Å². The molecule has 29 heavy (non-hydrogen) atoms. The third-order valence-corrected chi connectivity index (χ3v) is 4.69. The predicted molar refractivity (Wildman–Crippen MR) is 117 cm³/mol. The highest BCUT2D eigenvalue weighted by molar-refractivity contribution is 5.47. The van der Waals surface area contributed by atoms with E-state index in [2.05, 4.69) is 30.2 Å². The van der Waals surface area contributed by atoms with E-state index in [1.807, 2.05) is 27.7 Å². The van der Waals surface area contributed by atoms with Crippen LogP contribution in [0, 0.1) is 40.0 Å². The van der Waals surface area contributed by atoms with Crippen LogP contribution in [0.1, 0.15) is 46.7 Å². The monoisotopic (exact) mass is 396 g/mol. The quantitative estimate of drug-likeness (QED) is 0.628. The molecule has 0 aliphatic rings. The van der Waals surface area contributed by atoms with Gasteiger partial charge in [0.2, 0.25) is 0 Å². The number of ether oxygens (including phenoxy) is 2. The fourth-order valence-electron chi connectivity index (χ4n) is 3.55. The lowest BCUT2D eigenvalue weighted by Crippen LogP contribution is -2.17. The highest BCUT2D eigenvalue weighted by Gasteiger charge is 2.12. The van der Waals surface area contributed by atoms with Gasteiger partial charge in [-0.1, -0.05) is 24.3 Å². The van der Waals surface area contributed by atoms with Crippen LogP contribution in [0.15, 0.2) is 24.3 Å². The maximum Gasteiger partial charge on any atom is 0.125 e. The Morgan fingerprint density at radius 3 is 1.62 bits per heavy atom. The van der Waals surface area contributed by atoms with Gasteiger partial charge in [-0.25, -0.2) is 0 Å². The number of hydrogen-bond donors (Lipinski definition) is 2.